The van der Waals surface area contributed by atoms with Gasteiger partial charge < -0.3 is 15.5 Å². The van der Waals surface area contributed by atoms with Crippen molar-refractivity contribution < 1.29 is 4.79 Å². The van der Waals surface area contributed by atoms with Gasteiger partial charge in [0, 0.05) is 37.5 Å². The maximum atomic E-state index is 13.8. The van der Waals surface area contributed by atoms with Gasteiger partial charge in [0.1, 0.15) is 0 Å². The minimum absolute atomic E-state index is 0.0873. The summed E-state index contributed by atoms with van der Waals surface area (Å²) in [4.78, 5) is 15.9. The van der Waals surface area contributed by atoms with Gasteiger partial charge in [-0.2, -0.15) is 0 Å². The van der Waals surface area contributed by atoms with Crippen molar-refractivity contribution in [1.29, 1.82) is 0 Å². The number of para-hydroxylation sites is 2. The Bertz CT molecular complexity index is 1260. The lowest BCUT2D eigenvalue weighted by molar-refractivity contribution is -0.116. The van der Waals surface area contributed by atoms with E-state index in [-0.39, 0.29) is 23.2 Å². The summed E-state index contributed by atoms with van der Waals surface area (Å²) in [6, 6.07) is 25.4. The van der Waals surface area contributed by atoms with Crippen molar-refractivity contribution in [1.82, 2.24) is 0 Å². The lowest BCUT2D eigenvalue weighted by atomic mass is 9.78. The molecule has 0 fully saturated rings. The van der Waals surface area contributed by atoms with E-state index < -0.39 is 0 Å². The molecular formula is C31H35N3O. The second-order valence-electron chi connectivity index (χ2n) is 11.0. The number of allylic oxidation sites excluding steroid dienone is 1. The van der Waals surface area contributed by atoms with Crippen LogP contribution in [0.3, 0.4) is 0 Å². The Hall–Kier alpha value is -3.53. The van der Waals surface area contributed by atoms with Crippen molar-refractivity contribution in [3.05, 3.63) is 101 Å². The topological polar surface area (TPSA) is 44.4 Å². The first-order valence-electron chi connectivity index (χ1n) is 12.5. The highest BCUT2D eigenvalue weighted by Crippen LogP contribution is 2.44. The van der Waals surface area contributed by atoms with Crippen LogP contribution in [-0.4, -0.2) is 19.9 Å². The Kier molecular flexibility index (Phi) is 5.92. The van der Waals surface area contributed by atoms with Crippen LogP contribution < -0.4 is 15.5 Å². The van der Waals surface area contributed by atoms with E-state index in [4.69, 9.17) is 0 Å². The molecule has 0 radical (unpaired) electrons. The fraction of sp³-hybridized carbons (Fsp3) is 0.323. The number of nitrogens with zero attached hydrogens (tertiary/aromatic N) is 1. The number of Topliss-reactive ketones (excluding diaryl/α,β-unsaturated/α-hetero) is 1. The van der Waals surface area contributed by atoms with Crippen LogP contribution in [0.5, 0.6) is 0 Å². The van der Waals surface area contributed by atoms with Gasteiger partial charge in [0.25, 0.3) is 0 Å². The molecule has 2 aliphatic rings. The Morgan fingerprint density at radius 3 is 2.06 bits per heavy atom. The number of hydrogen-bond donors (Lipinski definition) is 2. The van der Waals surface area contributed by atoms with Crippen LogP contribution in [-0.2, 0) is 10.2 Å². The standard InChI is InChI=1S/C31H35N3O/c1-31(2,3)23-14-10-21(11-15-23)30-29-27(32-25-8-6-7-9-26(25)33-30)18-22(19-28(29)35)20-12-16-24(17-13-20)34(4)5/h6-17,22,30,32-33H,18-19H2,1-5H3. The molecule has 3 aromatic carbocycles. The molecule has 4 heteroatoms. The smallest absolute Gasteiger partial charge is 0.163 e. The Morgan fingerprint density at radius 2 is 1.43 bits per heavy atom. The van der Waals surface area contributed by atoms with Crippen molar-refractivity contribution >= 4 is 22.8 Å². The van der Waals surface area contributed by atoms with Crippen LogP contribution in [0.15, 0.2) is 84.1 Å². The molecule has 2 unspecified atom stereocenters. The zero-order valence-electron chi connectivity index (χ0n) is 21.4. The molecule has 0 amide bonds. The molecule has 1 aliphatic carbocycles. The average molecular weight is 466 g/mol. The van der Waals surface area contributed by atoms with Crippen LogP contribution in [0.1, 0.15) is 62.3 Å². The van der Waals surface area contributed by atoms with Crippen LogP contribution in [0.2, 0.25) is 0 Å². The SMILES string of the molecule is CN(C)c1ccc(C2CC(=O)C3=C(C2)Nc2ccccc2NC3c2ccc(C(C)(C)C)cc2)cc1. The molecule has 3 aromatic rings. The number of fused-ring (bicyclic) bond motifs is 1. The third-order valence-electron chi connectivity index (χ3n) is 7.30. The maximum absolute atomic E-state index is 13.8. The van der Waals surface area contributed by atoms with Gasteiger partial charge in [0.05, 0.1) is 17.4 Å². The van der Waals surface area contributed by atoms with Crippen molar-refractivity contribution in [3.8, 4) is 0 Å². The molecule has 0 saturated heterocycles. The van der Waals surface area contributed by atoms with Crippen molar-refractivity contribution in [2.24, 2.45) is 0 Å². The molecule has 2 atom stereocenters. The lowest BCUT2D eigenvalue weighted by Gasteiger charge is -2.30. The zero-order chi connectivity index (χ0) is 24.7. The minimum atomic E-state index is -0.181. The van der Waals surface area contributed by atoms with Crippen molar-refractivity contribution in [2.45, 2.75) is 51.0 Å². The molecule has 35 heavy (non-hydrogen) atoms. The molecule has 0 saturated carbocycles. The Morgan fingerprint density at radius 1 is 0.800 bits per heavy atom. The van der Waals surface area contributed by atoms with Crippen LogP contribution in [0.25, 0.3) is 0 Å². The van der Waals surface area contributed by atoms with Gasteiger partial charge in [-0.3, -0.25) is 4.79 Å². The molecule has 0 aromatic heterocycles. The van der Waals surface area contributed by atoms with Gasteiger partial charge >= 0.3 is 0 Å². The van der Waals surface area contributed by atoms with Crippen LogP contribution >= 0.6 is 0 Å². The third-order valence-corrected chi connectivity index (χ3v) is 7.30. The first kappa shape index (κ1) is 23.2. The van der Waals surface area contributed by atoms with Gasteiger partial charge in [0.2, 0.25) is 0 Å². The third kappa shape index (κ3) is 4.58. The Balaban J connectivity index is 1.54. The summed E-state index contributed by atoms with van der Waals surface area (Å²) in [6.07, 6.45) is 1.34. The lowest BCUT2D eigenvalue weighted by Crippen LogP contribution is -2.27. The van der Waals surface area contributed by atoms with E-state index in [9.17, 15) is 4.79 Å². The fourth-order valence-electron chi connectivity index (χ4n) is 5.20. The molecular weight excluding hydrogens is 430 g/mol. The summed E-state index contributed by atoms with van der Waals surface area (Å²) in [6.45, 7) is 6.67. The number of carbonyl (C=O) groups excluding carboxylic acids is 1. The predicted octanol–water partition coefficient (Wildman–Crippen LogP) is 7.03. The molecule has 1 heterocycles. The van der Waals surface area contributed by atoms with E-state index in [1.165, 1.54) is 16.8 Å². The first-order chi connectivity index (χ1) is 16.7. The van der Waals surface area contributed by atoms with Gasteiger partial charge in [-0.25, -0.2) is 0 Å². The number of ketones is 1. The second-order valence-corrected chi connectivity index (χ2v) is 11.0. The summed E-state index contributed by atoms with van der Waals surface area (Å²) in [5, 5.41) is 7.34. The highest BCUT2D eigenvalue weighted by Gasteiger charge is 2.36. The second kappa shape index (κ2) is 8.92. The van der Waals surface area contributed by atoms with E-state index in [1.807, 2.05) is 26.2 Å². The van der Waals surface area contributed by atoms with E-state index in [2.05, 4.69) is 97.0 Å². The van der Waals surface area contributed by atoms with E-state index in [0.717, 1.165) is 34.6 Å². The number of carbonyl (C=O) groups is 1. The summed E-state index contributed by atoms with van der Waals surface area (Å²) in [7, 11) is 4.09. The first-order valence-corrected chi connectivity index (χ1v) is 12.5. The summed E-state index contributed by atoms with van der Waals surface area (Å²) in [5.74, 6) is 0.379. The summed E-state index contributed by atoms with van der Waals surface area (Å²) >= 11 is 0. The summed E-state index contributed by atoms with van der Waals surface area (Å²) < 4.78 is 0. The van der Waals surface area contributed by atoms with Gasteiger partial charge in [-0.1, -0.05) is 69.3 Å². The maximum Gasteiger partial charge on any atom is 0.163 e. The number of hydrogen-bond acceptors (Lipinski definition) is 4. The van der Waals surface area contributed by atoms with Crippen molar-refractivity contribution in [2.75, 3.05) is 29.6 Å². The van der Waals surface area contributed by atoms with Crippen LogP contribution in [0.4, 0.5) is 17.1 Å². The molecule has 4 nitrogen and oxygen atoms in total. The fourth-order valence-corrected chi connectivity index (χ4v) is 5.20. The van der Waals surface area contributed by atoms with E-state index in [1.54, 1.807) is 0 Å². The van der Waals surface area contributed by atoms with Gasteiger partial charge in [-0.15, -0.1) is 0 Å². The van der Waals surface area contributed by atoms with Gasteiger partial charge in [-0.05, 0) is 58.7 Å². The normalized spacial score (nSPS) is 19.7. The number of nitrogens with one attached hydrogen (secondary N) is 2. The minimum Gasteiger partial charge on any atom is -0.378 e. The average Bonchev–Trinajstić information content (AvgIpc) is 3.00. The number of benzene rings is 3. The van der Waals surface area contributed by atoms with Crippen molar-refractivity contribution in [3.63, 3.8) is 0 Å². The largest absolute Gasteiger partial charge is 0.378 e. The predicted molar refractivity (Wildman–Crippen MR) is 146 cm³/mol. The monoisotopic (exact) mass is 465 g/mol. The molecule has 1 aliphatic heterocycles. The molecule has 2 N–H and O–H groups in total. The van der Waals surface area contributed by atoms with Crippen LogP contribution in [0, 0.1) is 0 Å². The van der Waals surface area contributed by atoms with E-state index in [0.29, 0.717) is 6.42 Å². The quantitative estimate of drug-likeness (QED) is 0.436. The number of rotatable bonds is 3. The Labute approximate surface area is 209 Å². The summed E-state index contributed by atoms with van der Waals surface area (Å²) in [5.41, 5.74) is 8.82. The highest BCUT2D eigenvalue weighted by molar-refractivity contribution is 6.01. The van der Waals surface area contributed by atoms with E-state index >= 15 is 0 Å². The van der Waals surface area contributed by atoms with Gasteiger partial charge in [0.15, 0.2) is 5.78 Å². The molecule has 0 spiro atoms. The molecule has 0 bridgehead atoms. The highest BCUT2D eigenvalue weighted by atomic mass is 16.1. The zero-order valence-corrected chi connectivity index (χ0v) is 21.4. The number of anilines is 3. The molecule has 5 rings (SSSR count). The molecule has 180 valence electrons.